The van der Waals surface area contributed by atoms with Gasteiger partial charge in [0.05, 0.1) is 5.69 Å². The van der Waals surface area contributed by atoms with Crippen molar-refractivity contribution in [2.45, 2.75) is 20.3 Å². The van der Waals surface area contributed by atoms with Crippen molar-refractivity contribution in [1.82, 2.24) is 5.01 Å². The summed E-state index contributed by atoms with van der Waals surface area (Å²) in [5, 5.41) is 3.90. The maximum absolute atomic E-state index is 11.4. The Bertz CT molecular complexity index is 376. The van der Waals surface area contributed by atoms with Crippen LogP contribution in [-0.4, -0.2) is 24.0 Å². The first-order valence-corrected chi connectivity index (χ1v) is 5.31. The zero-order valence-electron chi connectivity index (χ0n) is 9.23. The Morgan fingerprint density at radius 1 is 1.27 bits per heavy atom. The summed E-state index contributed by atoms with van der Waals surface area (Å²) in [6, 6.07) is 8.18. The molecule has 80 valence electrons. The third-order valence-electron chi connectivity index (χ3n) is 2.79. The topological polar surface area (TPSA) is 23.6 Å². The SMILES string of the molecule is CC(=O)N1CCCN1c1ccccc1C. The molecule has 3 heteroatoms. The van der Waals surface area contributed by atoms with Crippen LogP contribution in [0.3, 0.4) is 0 Å². The van der Waals surface area contributed by atoms with Crippen molar-refractivity contribution in [2.75, 3.05) is 18.1 Å². The van der Waals surface area contributed by atoms with Crippen molar-refractivity contribution < 1.29 is 4.79 Å². The van der Waals surface area contributed by atoms with Gasteiger partial charge in [-0.15, -0.1) is 0 Å². The fourth-order valence-corrected chi connectivity index (χ4v) is 2.04. The molecule has 15 heavy (non-hydrogen) atoms. The van der Waals surface area contributed by atoms with E-state index in [2.05, 4.69) is 24.1 Å². The summed E-state index contributed by atoms with van der Waals surface area (Å²) in [5.41, 5.74) is 2.36. The van der Waals surface area contributed by atoms with E-state index in [0.717, 1.165) is 25.2 Å². The minimum Gasteiger partial charge on any atom is -0.283 e. The van der Waals surface area contributed by atoms with Crippen LogP contribution in [0.4, 0.5) is 5.69 Å². The van der Waals surface area contributed by atoms with Crippen molar-refractivity contribution in [3.63, 3.8) is 0 Å². The number of amides is 1. The molecule has 0 radical (unpaired) electrons. The second kappa shape index (κ2) is 3.93. The number of aryl methyl sites for hydroxylation is 1. The highest BCUT2D eigenvalue weighted by Crippen LogP contribution is 2.24. The molecular weight excluding hydrogens is 188 g/mol. The Labute approximate surface area is 90.3 Å². The highest BCUT2D eigenvalue weighted by atomic mass is 16.2. The normalized spacial score (nSPS) is 15.9. The molecule has 1 saturated heterocycles. The van der Waals surface area contributed by atoms with Crippen LogP contribution in [0.1, 0.15) is 18.9 Å². The predicted octanol–water partition coefficient (Wildman–Crippen LogP) is 1.97. The second-order valence-corrected chi connectivity index (χ2v) is 3.91. The molecule has 0 spiro atoms. The summed E-state index contributed by atoms with van der Waals surface area (Å²) in [6.07, 6.45) is 1.05. The largest absolute Gasteiger partial charge is 0.283 e. The Balaban J connectivity index is 2.30. The molecule has 1 aliphatic heterocycles. The molecule has 0 N–H and O–H groups in total. The van der Waals surface area contributed by atoms with Crippen molar-refractivity contribution >= 4 is 11.6 Å². The molecule has 1 heterocycles. The molecule has 0 unspecified atom stereocenters. The Kier molecular flexibility index (Phi) is 2.62. The van der Waals surface area contributed by atoms with Crippen LogP contribution in [-0.2, 0) is 4.79 Å². The molecule has 1 aromatic rings. The Morgan fingerprint density at radius 2 is 2.00 bits per heavy atom. The summed E-state index contributed by atoms with van der Waals surface area (Å²) in [7, 11) is 0. The number of hydrazine groups is 1. The van der Waals surface area contributed by atoms with Gasteiger partial charge in [-0.25, -0.2) is 0 Å². The van der Waals surface area contributed by atoms with Gasteiger partial charge in [0.15, 0.2) is 0 Å². The number of hydrogen-bond donors (Lipinski definition) is 0. The van der Waals surface area contributed by atoms with Crippen molar-refractivity contribution in [3.8, 4) is 0 Å². The minimum absolute atomic E-state index is 0.121. The van der Waals surface area contributed by atoms with Gasteiger partial charge in [-0.3, -0.25) is 14.8 Å². The van der Waals surface area contributed by atoms with E-state index < -0.39 is 0 Å². The lowest BCUT2D eigenvalue weighted by molar-refractivity contribution is -0.128. The van der Waals surface area contributed by atoms with Crippen LogP contribution in [0.25, 0.3) is 0 Å². The van der Waals surface area contributed by atoms with Gasteiger partial charge in [0.25, 0.3) is 0 Å². The lowest BCUT2D eigenvalue weighted by atomic mass is 10.2. The van der Waals surface area contributed by atoms with Crippen molar-refractivity contribution in [2.24, 2.45) is 0 Å². The van der Waals surface area contributed by atoms with Crippen LogP contribution in [0.5, 0.6) is 0 Å². The van der Waals surface area contributed by atoms with Gasteiger partial charge in [0, 0.05) is 20.0 Å². The number of benzene rings is 1. The Morgan fingerprint density at radius 3 is 2.67 bits per heavy atom. The minimum atomic E-state index is 0.121. The quantitative estimate of drug-likeness (QED) is 0.698. The third kappa shape index (κ3) is 1.82. The van der Waals surface area contributed by atoms with Gasteiger partial charge in [-0.2, -0.15) is 0 Å². The molecule has 0 aliphatic carbocycles. The number of hydrogen-bond acceptors (Lipinski definition) is 2. The fraction of sp³-hybridized carbons (Fsp3) is 0.417. The number of para-hydroxylation sites is 1. The molecule has 2 rings (SSSR count). The molecule has 3 nitrogen and oxygen atoms in total. The highest BCUT2D eigenvalue weighted by molar-refractivity contribution is 5.76. The predicted molar refractivity (Wildman–Crippen MR) is 60.5 cm³/mol. The lowest BCUT2D eigenvalue weighted by Gasteiger charge is -2.29. The van der Waals surface area contributed by atoms with Crippen LogP contribution >= 0.6 is 0 Å². The van der Waals surface area contributed by atoms with Crippen molar-refractivity contribution in [3.05, 3.63) is 29.8 Å². The molecule has 0 aromatic heterocycles. The van der Waals surface area contributed by atoms with Crippen molar-refractivity contribution in [1.29, 1.82) is 0 Å². The van der Waals surface area contributed by atoms with Crippen LogP contribution in [0, 0.1) is 6.92 Å². The first-order valence-electron chi connectivity index (χ1n) is 5.31. The van der Waals surface area contributed by atoms with Gasteiger partial charge in [0.1, 0.15) is 0 Å². The van der Waals surface area contributed by atoms with E-state index in [1.165, 1.54) is 5.56 Å². The summed E-state index contributed by atoms with van der Waals surface area (Å²) in [4.78, 5) is 11.4. The van der Waals surface area contributed by atoms with E-state index >= 15 is 0 Å². The van der Waals surface area contributed by atoms with Crippen LogP contribution in [0.15, 0.2) is 24.3 Å². The third-order valence-corrected chi connectivity index (χ3v) is 2.79. The van der Waals surface area contributed by atoms with Gasteiger partial charge in [-0.05, 0) is 25.0 Å². The number of rotatable bonds is 1. The standard InChI is InChI=1S/C12H16N2O/c1-10-6-3-4-7-12(10)14-9-5-8-13(14)11(2)15/h3-4,6-7H,5,8-9H2,1-2H3. The monoisotopic (exact) mass is 204 g/mol. The van der Waals surface area contributed by atoms with Crippen LogP contribution < -0.4 is 5.01 Å². The molecule has 1 aliphatic rings. The molecule has 1 fully saturated rings. The van der Waals surface area contributed by atoms with Gasteiger partial charge >= 0.3 is 0 Å². The number of carbonyl (C=O) groups is 1. The zero-order valence-corrected chi connectivity index (χ0v) is 9.23. The van der Waals surface area contributed by atoms with E-state index in [0.29, 0.717) is 0 Å². The fourth-order valence-electron chi connectivity index (χ4n) is 2.04. The first-order chi connectivity index (χ1) is 7.20. The van der Waals surface area contributed by atoms with E-state index in [4.69, 9.17) is 0 Å². The van der Waals surface area contributed by atoms with E-state index in [1.54, 1.807) is 6.92 Å². The molecular formula is C12H16N2O. The molecule has 0 bridgehead atoms. The maximum atomic E-state index is 11.4. The summed E-state index contributed by atoms with van der Waals surface area (Å²) in [6.45, 7) is 5.47. The first kappa shape index (κ1) is 10.0. The van der Waals surface area contributed by atoms with E-state index in [-0.39, 0.29) is 5.91 Å². The van der Waals surface area contributed by atoms with E-state index in [1.807, 2.05) is 17.1 Å². The number of carbonyl (C=O) groups excluding carboxylic acids is 1. The zero-order chi connectivity index (χ0) is 10.8. The smallest absolute Gasteiger partial charge is 0.237 e. The average Bonchev–Trinajstić information content (AvgIpc) is 2.67. The maximum Gasteiger partial charge on any atom is 0.237 e. The molecule has 1 amide bonds. The summed E-state index contributed by atoms with van der Waals surface area (Å²) < 4.78 is 0. The second-order valence-electron chi connectivity index (χ2n) is 3.91. The Hall–Kier alpha value is -1.51. The van der Waals surface area contributed by atoms with E-state index in [9.17, 15) is 4.79 Å². The van der Waals surface area contributed by atoms with Gasteiger partial charge < -0.3 is 0 Å². The molecule has 1 aromatic carbocycles. The van der Waals surface area contributed by atoms with Crippen LogP contribution in [0.2, 0.25) is 0 Å². The number of nitrogens with zero attached hydrogens (tertiary/aromatic N) is 2. The highest BCUT2D eigenvalue weighted by Gasteiger charge is 2.24. The summed E-state index contributed by atoms with van der Waals surface area (Å²) in [5.74, 6) is 0.121. The number of anilines is 1. The summed E-state index contributed by atoms with van der Waals surface area (Å²) >= 11 is 0. The average molecular weight is 204 g/mol. The molecule has 0 saturated carbocycles. The molecule has 0 atom stereocenters. The lowest BCUT2D eigenvalue weighted by Crippen LogP contribution is -2.40. The van der Waals surface area contributed by atoms with Gasteiger partial charge in [0.2, 0.25) is 5.91 Å². The van der Waals surface area contributed by atoms with Gasteiger partial charge in [-0.1, -0.05) is 18.2 Å².